The average molecular weight is 397 g/mol. The number of hydrogen-bond donors (Lipinski definition) is 0. The molecule has 2 aromatic heterocycles. The van der Waals surface area contributed by atoms with Gasteiger partial charge in [0.15, 0.2) is 0 Å². The molecule has 0 saturated heterocycles. The van der Waals surface area contributed by atoms with Crippen molar-refractivity contribution in [1.29, 1.82) is 0 Å². The van der Waals surface area contributed by atoms with E-state index in [0.29, 0.717) is 10.2 Å². The zero-order valence-electron chi connectivity index (χ0n) is 16.0. The number of benzene rings is 1. The molecule has 0 spiro atoms. The lowest BCUT2D eigenvalue weighted by molar-refractivity contribution is -0.151. The number of nitrogens with zero attached hydrogens (tertiary/aromatic N) is 2. The molecule has 1 aromatic carbocycles. The standard InChI is InChI=1S/C22H24N2O3S/c1-2-15-8-10-16(11-9-15)18-13-28-21-20(18)22(26)24(14-23-21)12-19(25)27-17-6-4-3-5-7-17/h8-11,13-14,17H,2-7,12H2,1H3. The van der Waals surface area contributed by atoms with Crippen LogP contribution in [0.4, 0.5) is 0 Å². The van der Waals surface area contributed by atoms with Crippen molar-refractivity contribution in [2.24, 2.45) is 0 Å². The maximum atomic E-state index is 13.1. The van der Waals surface area contributed by atoms with E-state index in [-0.39, 0.29) is 24.2 Å². The van der Waals surface area contributed by atoms with Crippen LogP contribution in [-0.4, -0.2) is 21.6 Å². The van der Waals surface area contributed by atoms with Crippen LogP contribution in [0, 0.1) is 0 Å². The number of esters is 1. The maximum absolute atomic E-state index is 13.1. The van der Waals surface area contributed by atoms with Gasteiger partial charge >= 0.3 is 5.97 Å². The van der Waals surface area contributed by atoms with Gasteiger partial charge in [0.2, 0.25) is 0 Å². The first-order valence-corrected chi connectivity index (χ1v) is 10.8. The highest BCUT2D eigenvalue weighted by atomic mass is 32.1. The fourth-order valence-corrected chi connectivity index (χ4v) is 4.66. The Bertz CT molecular complexity index is 1030. The topological polar surface area (TPSA) is 61.2 Å². The zero-order chi connectivity index (χ0) is 19.5. The SMILES string of the molecule is CCc1ccc(-c2csc3ncn(CC(=O)OC4CCCCC4)c(=O)c23)cc1. The second-order valence-electron chi connectivity index (χ2n) is 7.31. The van der Waals surface area contributed by atoms with E-state index in [1.54, 1.807) is 0 Å². The lowest BCUT2D eigenvalue weighted by atomic mass is 9.98. The van der Waals surface area contributed by atoms with Crippen molar-refractivity contribution in [3.05, 3.63) is 51.9 Å². The van der Waals surface area contributed by atoms with Crippen LogP contribution < -0.4 is 5.56 Å². The summed E-state index contributed by atoms with van der Waals surface area (Å²) >= 11 is 1.45. The Kier molecular flexibility index (Phi) is 5.57. The molecule has 4 rings (SSSR count). The van der Waals surface area contributed by atoms with Crippen LogP contribution in [-0.2, 0) is 22.5 Å². The van der Waals surface area contributed by atoms with Crippen molar-refractivity contribution < 1.29 is 9.53 Å². The molecule has 0 radical (unpaired) electrons. The molecule has 1 aliphatic carbocycles. The second-order valence-corrected chi connectivity index (χ2v) is 8.17. The number of carbonyl (C=O) groups is 1. The highest BCUT2D eigenvalue weighted by Gasteiger charge is 2.19. The Balaban J connectivity index is 1.60. The van der Waals surface area contributed by atoms with Crippen molar-refractivity contribution in [2.45, 2.75) is 58.1 Å². The maximum Gasteiger partial charge on any atom is 0.326 e. The number of ether oxygens (including phenoxy) is 1. The van der Waals surface area contributed by atoms with Gasteiger partial charge in [-0.25, -0.2) is 4.98 Å². The Hall–Kier alpha value is -2.47. The Morgan fingerprint density at radius 3 is 2.68 bits per heavy atom. The first-order chi connectivity index (χ1) is 13.7. The van der Waals surface area contributed by atoms with Crippen LogP contribution in [0.15, 0.2) is 40.8 Å². The molecule has 0 N–H and O–H groups in total. The minimum atomic E-state index is -0.362. The first kappa shape index (κ1) is 18.9. The zero-order valence-corrected chi connectivity index (χ0v) is 16.8. The highest BCUT2D eigenvalue weighted by Crippen LogP contribution is 2.30. The van der Waals surface area contributed by atoms with E-state index < -0.39 is 0 Å². The molecule has 2 heterocycles. The molecule has 0 amide bonds. The quantitative estimate of drug-likeness (QED) is 0.593. The van der Waals surface area contributed by atoms with E-state index in [2.05, 4.69) is 24.0 Å². The lowest BCUT2D eigenvalue weighted by Gasteiger charge is -2.21. The highest BCUT2D eigenvalue weighted by molar-refractivity contribution is 7.17. The molecule has 6 heteroatoms. The predicted octanol–water partition coefficient (Wildman–Crippen LogP) is 4.56. The number of aromatic nitrogens is 2. The minimum Gasteiger partial charge on any atom is -0.461 e. The fourth-order valence-electron chi connectivity index (χ4n) is 3.76. The smallest absolute Gasteiger partial charge is 0.326 e. The van der Waals surface area contributed by atoms with Gasteiger partial charge in [0.1, 0.15) is 17.5 Å². The monoisotopic (exact) mass is 396 g/mol. The van der Waals surface area contributed by atoms with Crippen molar-refractivity contribution in [3.8, 4) is 11.1 Å². The second kappa shape index (κ2) is 8.27. The van der Waals surface area contributed by atoms with E-state index in [9.17, 15) is 9.59 Å². The van der Waals surface area contributed by atoms with Crippen LogP contribution in [0.5, 0.6) is 0 Å². The van der Waals surface area contributed by atoms with Gasteiger partial charge in [-0.3, -0.25) is 14.2 Å². The molecular formula is C22H24N2O3S. The summed E-state index contributed by atoms with van der Waals surface area (Å²) < 4.78 is 6.93. The summed E-state index contributed by atoms with van der Waals surface area (Å²) in [5.41, 5.74) is 2.92. The molecule has 0 unspecified atom stereocenters. The van der Waals surface area contributed by atoms with E-state index >= 15 is 0 Å². The summed E-state index contributed by atoms with van der Waals surface area (Å²) in [5, 5.41) is 2.53. The minimum absolute atomic E-state index is 0.0116. The van der Waals surface area contributed by atoms with Crippen LogP contribution in [0.25, 0.3) is 21.3 Å². The molecule has 28 heavy (non-hydrogen) atoms. The van der Waals surface area contributed by atoms with Crippen LogP contribution >= 0.6 is 11.3 Å². The third-order valence-electron chi connectivity index (χ3n) is 5.38. The van der Waals surface area contributed by atoms with Crippen molar-refractivity contribution in [3.63, 3.8) is 0 Å². The van der Waals surface area contributed by atoms with Gasteiger partial charge < -0.3 is 4.74 Å². The Labute approximate surface area is 168 Å². The predicted molar refractivity (Wildman–Crippen MR) is 112 cm³/mol. The molecule has 5 nitrogen and oxygen atoms in total. The largest absolute Gasteiger partial charge is 0.461 e. The van der Waals surface area contributed by atoms with Crippen LogP contribution in [0.1, 0.15) is 44.6 Å². The van der Waals surface area contributed by atoms with Crippen molar-refractivity contribution >= 4 is 27.5 Å². The molecule has 1 aliphatic rings. The number of thiophene rings is 1. The van der Waals surface area contributed by atoms with Gasteiger partial charge in [-0.05, 0) is 43.2 Å². The Morgan fingerprint density at radius 1 is 1.21 bits per heavy atom. The number of aryl methyl sites for hydroxylation is 1. The number of carbonyl (C=O) groups excluding carboxylic acids is 1. The summed E-state index contributed by atoms with van der Waals surface area (Å²) in [7, 11) is 0. The third kappa shape index (κ3) is 3.87. The average Bonchev–Trinajstić information content (AvgIpc) is 3.16. The molecule has 146 valence electrons. The summed E-state index contributed by atoms with van der Waals surface area (Å²) in [6.45, 7) is 2.02. The van der Waals surface area contributed by atoms with Crippen LogP contribution in [0.2, 0.25) is 0 Å². The van der Waals surface area contributed by atoms with Gasteiger partial charge in [-0.2, -0.15) is 0 Å². The van der Waals surface area contributed by atoms with Crippen molar-refractivity contribution in [1.82, 2.24) is 9.55 Å². The molecular weight excluding hydrogens is 372 g/mol. The van der Waals surface area contributed by atoms with Crippen LogP contribution in [0.3, 0.4) is 0 Å². The number of fused-ring (bicyclic) bond motifs is 1. The molecule has 1 saturated carbocycles. The number of rotatable bonds is 5. The Morgan fingerprint density at radius 2 is 1.96 bits per heavy atom. The van der Waals surface area contributed by atoms with E-state index in [4.69, 9.17) is 4.74 Å². The molecule has 3 aromatic rings. The lowest BCUT2D eigenvalue weighted by Crippen LogP contribution is -2.28. The number of hydrogen-bond acceptors (Lipinski definition) is 5. The van der Waals surface area contributed by atoms with Crippen molar-refractivity contribution in [2.75, 3.05) is 0 Å². The van der Waals surface area contributed by atoms with Gasteiger partial charge in [0.05, 0.1) is 11.7 Å². The third-order valence-corrected chi connectivity index (χ3v) is 6.27. The van der Waals surface area contributed by atoms with Gasteiger partial charge in [0, 0.05) is 10.9 Å². The summed E-state index contributed by atoms with van der Waals surface area (Å²) in [5.74, 6) is -0.362. The summed E-state index contributed by atoms with van der Waals surface area (Å²) in [4.78, 5) is 30.5. The van der Waals surface area contributed by atoms with Gasteiger partial charge in [-0.1, -0.05) is 37.6 Å². The van der Waals surface area contributed by atoms with Gasteiger partial charge in [0.25, 0.3) is 5.56 Å². The fraction of sp³-hybridized carbons (Fsp3) is 0.409. The summed E-state index contributed by atoms with van der Waals surface area (Å²) in [6.07, 6.45) is 7.65. The van der Waals surface area contributed by atoms with E-state index in [1.807, 2.05) is 17.5 Å². The summed E-state index contributed by atoms with van der Waals surface area (Å²) in [6, 6.07) is 8.23. The normalized spacial score (nSPS) is 15.0. The molecule has 1 fully saturated rings. The van der Waals surface area contributed by atoms with E-state index in [1.165, 1.54) is 34.2 Å². The van der Waals surface area contributed by atoms with E-state index in [0.717, 1.165) is 43.2 Å². The molecule has 0 atom stereocenters. The van der Waals surface area contributed by atoms with Gasteiger partial charge in [-0.15, -0.1) is 11.3 Å². The molecule has 0 aliphatic heterocycles. The molecule has 0 bridgehead atoms. The first-order valence-electron chi connectivity index (χ1n) is 9.91.